The Morgan fingerprint density at radius 2 is 1.93 bits per heavy atom. The van der Waals surface area contributed by atoms with Crippen molar-refractivity contribution >= 4 is 33.0 Å². The second kappa shape index (κ2) is 9.81. The Kier molecular flexibility index (Phi) is 7.45. The van der Waals surface area contributed by atoms with Crippen LogP contribution in [0, 0.1) is 6.92 Å². The molecule has 10 heteroatoms. The number of hydrogen-bond donors (Lipinski definition) is 5. The number of aliphatic imine (C=N–C) groups is 1. The topological polar surface area (TPSA) is 144 Å². The predicted octanol–water partition coefficient (Wildman–Crippen LogP) is 2.56. The summed E-state index contributed by atoms with van der Waals surface area (Å²) in [5, 5.41) is 14.3. The normalized spacial score (nSPS) is 11.9. The van der Waals surface area contributed by atoms with E-state index in [-0.39, 0.29) is 22.3 Å². The van der Waals surface area contributed by atoms with E-state index in [4.69, 9.17) is 15.6 Å². The maximum Gasteiger partial charge on any atom is 0.243 e. The van der Waals surface area contributed by atoms with E-state index in [1.165, 1.54) is 25.5 Å². The van der Waals surface area contributed by atoms with Crippen LogP contribution in [0.25, 0.3) is 0 Å². The molecule has 0 heterocycles. The molecular weight excluding hydrogens is 404 g/mol. The average Bonchev–Trinajstić information content (AvgIpc) is 2.68. The Labute approximate surface area is 176 Å². The number of nitrogens with one attached hydrogen (secondary N) is 3. The first-order valence-corrected chi connectivity index (χ1v) is 10.4. The van der Waals surface area contributed by atoms with E-state index in [1.807, 2.05) is 32.2 Å². The second-order valence-electron chi connectivity index (χ2n) is 6.27. The molecule has 30 heavy (non-hydrogen) atoms. The summed E-state index contributed by atoms with van der Waals surface area (Å²) in [6.45, 7) is 5.83. The van der Waals surface area contributed by atoms with E-state index >= 15 is 0 Å². The first kappa shape index (κ1) is 22.8. The highest BCUT2D eigenvalue weighted by atomic mass is 32.2. The third kappa shape index (κ3) is 6.00. The van der Waals surface area contributed by atoms with E-state index in [1.54, 1.807) is 12.1 Å². The van der Waals surface area contributed by atoms with E-state index in [9.17, 15) is 8.42 Å². The molecule has 0 amide bonds. The number of guanidine groups is 1. The van der Waals surface area contributed by atoms with Gasteiger partial charge in [-0.05, 0) is 42.8 Å². The van der Waals surface area contributed by atoms with E-state index in [2.05, 4.69) is 27.5 Å². The summed E-state index contributed by atoms with van der Waals surface area (Å²) in [6, 6.07) is 10.5. The van der Waals surface area contributed by atoms with Crippen molar-refractivity contribution in [2.24, 2.45) is 15.9 Å². The van der Waals surface area contributed by atoms with Gasteiger partial charge in [0.2, 0.25) is 10.0 Å². The van der Waals surface area contributed by atoms with Crippen molar-refractivity contribution in [1.29, 1.82) is 0 Å². The number of hydrogen-bond acceptors (Lipinski definition) is 6. The van der Waals surface area contributed by atoms with Gasteiger partial charge in [0.15, 0.2) is 5.96 Å². The minimum atomic E-state index is -4.01. The third-order valence-corrected chi connectivity index (χ3v) is 5.04. The van der Waals surface area contributed by atoms with Gasteiger partial charge in [-0.15, -0.1) is 0 Å². The lowest BCUT2D eigenvalue weighted by Gasteiger charge is -2.13. The fraction of sp³-hybridized carbons (Fsp3) is 0.150. The van der Waals surface area contributed by atoms with Crippen molar-refractivity contribution in [3.63, 3.8) is 0 Å². The molecule has 2 aromatic carbocycles. The number of sulfonamides is 1. The minimum absolute atomic E-state index is 0.129. The van der Waals surface area contributed by atoms with Crippen LogP contribution in [0.15, 0.2) is 70.8 Å². The molecule has 9 nitrogen and oxygen atoms in total. The predicted molar refractivity (Wildman–Crippen MR) is 122 cm³/mol. The first-order valence-electron chi connectivity index (χ1n) is 8.86. The van der Waals surface area contributed by atoms with Crippen LogP contribution in [-0.2, 0) is 10.0 Å². The molecule has 2 aromatic rings. The summed E-state index contributed by atoms with van der Waals surface area (Å²) in [5.74, 6) is 0.307. The first-order chi connectivity index (χ1) is 14.2. The van der Waals surface area contributed by atoms with Gasteiger partial charge in [0.1, 0.15) is 10.6 Å². The van der Waals surface area contributed by atoms with Crippen molar-refractivity contribution in [3.05, 3.63) is 66.5 Å². The zero-order chi connectivity index (χ0) is 22.3. The van der Waals surface area contributed by atoms with Gasteiger partial charge in [0.05, 0.1) is 12.8 Å². The van der Waals surface area contributed by atoms with Crippen LogP contribution in [-0.4, -0.2) is 28.5 Å². The number of ether oxygens (including phenoxy) is 1. The number of aryl methyl sites for hydroxylation is 1. The van der Waals surface area contributed by atoms with E-state index < -0.39 is 10.0 Å². The molecule has 160 valence electrons. The lowest BCUT2D eigenvalue weighted by molar-refractivity contribution is 0.403. The molecule has 0 unspecified atom stereocenters. The molecule has 0 radical (unpaired) electrons. The summed E-state index contributed by atoms with van der Waals surface area (Å²) in [6.07, 6.45) is 2.97. The zero-order valence-corrected chi connectivity index (χ0v) is 17.9. The van der Waals surface area contributed by atoms with Gasteiger partial charge in [-0.25, -0.2) is 18.5 Å². The number of allylic oxidation sites excluding steroid dienone is 1. The molecule has 2 rings (SSSR count). The molecule has 0 atom stereocenters. The average molecular weight is 431 g/mol. The van der Waals surface area contributed by atoms with Gasteiger partial charge >= 0.3 is 0 Å². The lowest BCUT2D eigenvalue weighted by atomic mass is 10.2. The highest BCUT2D eigenvalue weighted by Gasteiger charge is 2.19. The molecule has 0 saturated heterocycles. The number of nitrogens with zero attached hydrogens (tertiary/aromatic N) is 1. The largest absolute Gasteiger partial charge is 0.495 e. The highest BCUT2D eigenvalue weighted by molar-refractivity contribution is 7.89. The Morgan fingerprint density at radius 3 is 2.57 bits per heavy atom. The van der Waals surface area contributed by atoms with Gasteiger partial charge in [-0.3, -0.25) is 0 Å². The van der Waals surface area contributed by atoms with Crippen LogP contribution in [0.2, 0.25) is 0 Å². The summed E-state index contributed by atoms with van der Waals surface area (Å²) in [5.41, 5.74) is 9.38. The number of methoxy groups -OCH3 is 1. The summed E-state index contributed by atoms with van der Waals surface area (Å²) < 4.78 is 28.9. The fourth-order valence-electron chi connectivity index (χ4n) is 2.64. The smallest absolute Gasteiger partial charge is 0.243 e. The van der Waals surface area contributed by atoms with Gasteiger partial charge in [0.25, 0.3) is 0 Å². The highest BCUT2D eigenvalue weighted by Crippen LogP contribution is 2.31. The molecular formula is C20H26N6O3S. The second-order valence-corrected chi connectivity index (χ2v) is 7.77. The van der Waals surface area contributed by atoms with Gasteiger partial charge < -0.3 is 26.4 Å². The Bertz CT molecular complexity index is 1090. The monoisotopic (exact) mass is 430 g/mol. The molecule has 0 spiro atoms. The molecule has 0 aliphatic carbocycles. The van der Waals surface area contributed by atoms with Crippen LogP contribution in [0.4, 0.5) is 17.1 Å². The van der Waals surface area contributed by atoms with E-state index in [0.717, 1.165) is 16.9 Å². The SMILES string of the molecule is C=C(/C=C\N=C(/N)Nc1ccc(C)c(NC)c1)Nc1cccc(OC)c1S(N)(=O)=O. The Balaban J connectivity index is 2.10. The molecule has 0 bridgehead atoms. The van der Waals surface area contributed by atoms with Gasteiger partial charge in [0, 0.05) is 30.3 Å². The van der Waals surface area contributed by atoms with Crippen LogP contribution < -0.4 is 31.6 Å². The van der Waals surface area contributed by atoms with Crippen LogP contribution in [0.5, 0.6) is 5.75 Å². The number of nitrogens with two attached hydrogens (primary N) is 2. The van der Waals surface area contributed by atoms with Gasteiger partial charge in [-0.2, -0.15) is 0 Å². The minimum Gasteiger partial charge on any atom is -0.495 e. The third-order valence-electron chi connectivity index (χ3n) is 4.05. The number of benzene rings is 2. The van der Waals surface area contributed by atoms with Crippen LogP contribution >= 0.6 is 0 Å². The van der Waals surface area contributed by atoms with Gasteiger partial charge in [-0.1, -0.05) is 18.7 Å². The number of primary sulfonamides is 1. The van der Waals surface area contributed by atoms with E-state index in [0.29, 0.717) is 5.70 Å². The lowest BCUT2D eigenvalue weighted by Crippen LogP contribution is -2.21. The maximum atomic E-state index is 11.9. The summed E-state index contributed by atoms with van der Waals surface area (Å²) in [7, 11) is -0.811. The van der Waals surface area contributed by atoms with Crippen LogP contribution in [0.1, 0.15) is 5.56 Å². The van der Waals surface area contributed by atoms with Crippen molar-refractivity contribution in [3.8, 4) is 5.75 Å². The molecule has 0 aromatic heterocycles. The summed E-state index contributed by atoms with van der Waals surface area (Å²) >= 11 is 0. The zero-order valence-electron chi connectivity index (χ0n) is 17.1. The quantitative estimate of drug-likeness (QED) is 0.246. The fourth-order valence-corrected chi connectivity index (χ4v) is 3.50. The van der Waals surface area contributed by atoms with Crippen molar-refractivity contribution in [2.45, 2.75) is 11.8 Å². The van der Waals surface area contributed by atoms with Crippen molar-refractivity contribution < 1.29 is 13.2 Å². The van der Waals surface area contributed by atoms with Crippen molar-refractivity contribution in [1.82, 2.24) is 0 Å². The standard InChI is InChI=1S/C20H26N6O3S/c1-13-8-9-15(12-17(13)23-3)26-20(21)24-11-10-14(2)25-16-6-5-7-18(29-4)19(16)30(22,27)28/h5-12,23,25H,2H2,1,3-4H3,(H3,21,24,26)(H2,22,27,28)/b11-10-. The summed E-state index contributed by atoms with van der Waals surface area (Å²) in [4.78, 5) is 3.94. The maximum absolute atomic E-state index is 11.9. The molecule has 0 aliphatic rings. The molecule has 7 N–H and O–H groups in total. The number of anilines is 3. The van der Waals surface area contributed by atoms with Crippen molar-refractivity contribution in [2.75, 3.05) is 30.1 Å². The number of rotatable bonds is 8. The molecule has 0 aliphatic heterocycles. The Hall–Kier alpha value is -3.50. The van der Waals surface area contributed by atoms with Crippen LogP contribution in [0.3, 0.4) is 0 Å². The molecule has 0 saturated carbocycles. The molecule has 0 fully saturated rings. The Morgan fingerprint density at radius 1 is 1.20 bits per heavy atom.